The van der Waals surface area contributed by atoms with E-state index < -0.39 is 5.60 Å². The van der Waals surface area contributed by atoms with E-state index in [1.165, 1.54) is 0 Å². The maximum Gasteiger partial charge on any atom is 0.169 e. The van der Waals surface area contributed by atoms with Gasteiger partial charge in [-0.15, -0.1) is 0 Å². The number of ether oxygens (including phenoxy) is 1. The van der Waals surface area contributed by atoms with Crippen LogP contribution >= 0.6 is 0 Å². The summed E-state index contributed by atoms with van der Waals surface area (Å²) in [6.45, 7) is 5.88. The first kappa shape index (κ1) is 8.31. The van der Waals surface area contributed by atoms with Gasteiger partial charge in [-0.2, -0.15) is 0 Å². The Kier molecular flexibility index (Phi) is 2.03. The van der Waals surface area contributed by atoms with E-state index >= 15 is 0 Å². The van der Waals surface area contributed by atoms with Gasteiger partial charge >= 0.3 is 0 Å². The van der Waals surface area contributed by atoms with E-state index in [2.05, 4.69) is 0 Å². The highest BCUT2D eigenvalue weighted by molar-refractivity contribution is 5.64. The minimum absolute atomic E-state index is 0.244. The third-order valence-corrected chi connectivity index (χ3v) is 2.24. The lowest BCUT2D eigenvalue weighted by molar-refractivity contribution is -0.128. The van der Waals surface area contributed by atoms with Crippen LogP contribution in [0.2, 0.25) is 0 Å². The van der Waals surface area contributed by atoms with E-state index in [-0.39, 0.29) is 5.92 Å². The van der Waals surface area contributed by atoms with Crippen molar-refractivity contribution in [1.82, 2.24) is 0 Å². The van der Waals surface area contributed by atoms with Crippen LogP contribution in [0.15, 0.2) is 11.8 Å². The Morgan fingerprint density at radius 2 is 2.36 bits per heavy atom. The molecule has 0 aromatic carbocycles. The second-order valence-corrected chi connectivity index (χ2v) is 3.35. The monoisotopic (exact) mass is 154 g/mol. The summed E-state index contributed by atoms with van der Waals surface area (Å²) in [6.07, 6.45) is 3.61. The second-order valence-electron chi connectivity index (χ2n) is 3.35. The first-order valence-corrected chi connectivity index (χ1v) is 3.93. The van der Waals surface area contributed by atoms with Crippen molar-refractivity contribution in [2.45, 2.75) is 32.8 Å². The maximum absolute atomic E-state index is 10.8. The molecule has 11 heavy (non-hydrogen) atoms. The summed E-state index contributed by atoms with van der Waals surface area (Å²) < 4.78 is 5.45. The average Bonchev–Trinajstić information content (AvgIpc) is 2.33. The van der Waals surface area contributed by atoms with Crippen LogP contribution in [0, 0.1) is 5.92 Å². The number of carbonyl (C=O) groups is 1. The van der Waals surface area contributed by atoms with Crippen molar-refractivity contribution in [3.63, 3.8) is 0 Å². The fraction of sp³-hybridized carbons (Fsp3) is 0.667. The molecule has 1 atom stereocenters. The molecular formula is C9H14O2. The molecule has 0 saturated heterocycles. The number of hydrogen-bond acceptors (Lipinski definition) is 2. The predicted molar refractivity (Wildman–Crippen MR) is 43.1 cm³/mol. The van der Waals surface area contributed by atoms with Crippen molar-refractivity contribution in [2.75, 3.05) is 0 Å². The third kappa shape index (κ3) is 1.30. The molecule has 0 spiro atoms. The molecule has 0 aromatic rings. The van der Waals surface area contributed by atoms with Crippen LogP contribution in [0.25, 0.3) is 0 Å². The molecule has 0 bridgehead atoms. The zero-order valence-corrected chi connectivity index (χ0v) is 7.26. The Labute approximate surface area is 67.2 Å². The second kappa shape index (κ2) is 2.68. The van der Waals surface area contributed by atoms with Gasteiger partial charge in [-0.25, -0.2) is 0 Å². The Morgan fingerprint density at radius 3 is 2.55 bits per heavy atom. The Hall–Kier alpha value is -0.790. The van der Waals surface area contributed by atoms with Crippen LogP contribution in [0.4, 0.5) is 0 Å². The van der Waals surface area contributed by atoms with Crippen LogP contribution in [0.3, 0.4) is 0 Å². The standard InChI is InChI=1S/C9H14O2/c1-7(2)9(6-10)5-4-8(3)11-9/h4,6-7H,5H2,1-3H3. The Morgan fingerprint density at radius 1 is 1.73 bits per heavy atom. The van der Waals surface area contributed by atoms with Crippen LogP contribution in [0.1, 0.15) is 27.2 Å². The SMILES string of the molecule is CC1=CCC(C=O)(C(C)C)O1. The first-order valence-electron chi connectivity index (χ1n) is 3.93. The third-order valence-electron chi connectivity index (χ3n) is 2.24. The van der Waals surface area contributed by atoms with Crippen molar-refractivity contribution in [3.8, 4) is 0 Å². The predicted octanol–water partition coefficient (Wildman–Crippen LogP) is 1.90. The van der Waals surface area contributed by atoms with E-state index in [1.54, 1.807) is 0 Å². The molecule has 2 nitrogen and oxygen atoms in total. The van der Waals surface area contributed by atoms with Crippen LogP contribution in [-0.2, 0) is 9.53 Å². The lowest BCUT2D eigenvalue weighted by Gasteiger charge is -2.27. The lowest BCUT2D eigenvalue weighted by atomic mass is 9.89. The molecule has 0 amide bonds. The van der Waals surface area contributed by atoms with Gasteiger partial charge in [-0.1, -0.05) is 13.8 Å². The summed E-state index contributed by atoms with van der Waals surface area (Å²) in [5, 5.41) is 0. The molecule has 62 valence electrons. The number of carbonyl (C=O) groups excluding carboxylic acids is 1. The zero-order chi connectivity index (χ0) is 8.48. The zero-order valence-electron chi connectivity index (χ0n) is 7.26. The molecule has 1 rings (SSSR count). The first-order chi connectivity index (χ1) is 5.10. The van der Waals surface area contributed by atoms with Gasteiger partial charge in [0.15, 0.2) is 11.9 Å². The molecule has 1 aliphatic rings. The van der Waals surface area contributed by atoms with Gasteiger partial charge in [0, 0.05) is 12.3 Å². The van der Waals surface area contributed by atoms with E-state index in [0.717, 1.165) is 18.5 Å². The molecule has 0 saturated carbocycles. The summed E-state index contributed by atoms with van der Waals surface area (Å²) in [4.78, 5) is 10.8. The van der Waals surface area contributed by atoms with Gasteiger partial charge in [0.25, 0.3) is 0 Å². The van der Waals surface area contributed by atoms with Crippen LogP contribution in [0.5, 0.6) is 0 Å². The number of hydrogen-bond donors (Lipinski definition) is 0. The van der Waals surface area contributed by atoms with Crippen LogP contribution in [-0.4, -0.2) is 11.9 Å². The van der Waals surface area contributed by atoms with Crippen molar-refractivity contribution in [2.24, 2.45) is 5.92 Å². The molecule has 0 aromatic heterocycles. The molecule has 0 aliphatic carbocycles. The number of rotatable bonds is 2. The van der Waals surface area contributed by atoms with Crippen LogP contribution < -0.4 is 0 Å². The topological polar surface area (TPSA) is 26.3 Å². The molecular weight excluding hydrogens is 140 g/mol. The normalized spacial score (nSPS) is 30.0. The van der Waals surface area contributed by atoms with Gasteiger partial charge < -0.3 is 4.74 Å². The molecule has 2 heteroatoms. The summed E-state index contributed by atoms with van der Waals surface area (Å²) >= 11 is 0. The van der Waals surface area contributed by atoms with Crippen molar-refractivity contribution in [3.05, 3.63) is 11.8 Å². The van der Waals surface area contributed by atoms with E-state index in [0.29, 0.717) is 0 Å². The average molecular weight is 154 g/mol. The largest absolute Gasteiger partial charge is 0.484 e. The summed E-state index contributed by atoms with van der Waals surface area (Å²) in [7, 11) is 0. The molecule has 0 radical (unpaired) electrons. The highest BCUT2D eigenvalue weighted by Gasteiger charge is 2.38. The number of allylic oxidation sites excluding steroid dienone is 1. The summed E-state index contributed by atoms with van der Waals surface area (Å²) in [6, 6.07) is 0. The number of aldehydes is 1. The van der Waals surface area contributed by atoms with Crippen molar-refractivity contribution < 1.29 is 9.53 Å². The smallest absolute Gasteiger partial charge is 0.169 e. The Bertz CT molecular complexity index is 194. The lowest BCUT2D eigenvalue weighted by Crippen LogP contribution is -2.36. The summed E-state index contributed by atoms with van der Waals surface area (Å²) in [5.41, 5.74) is -0.565. The quantitative estimate of drug-likeness (QED) is 0.568. The summed E-state index contributed by atoms with van der Waals surface area (Å²) in [5.74, 6) is 1.11. The molecule has 1 heterocycles. The minimum atomic E-state index is -0.565. The highest BCUT2D eigenvalue weighted by atomic mass is 16.5. The highest BCUT2D eigenvalue weighted by Crippen LogP contribution is 2.32. The van der Waals surface area contributed by atoms with E-state index in [1.807, 2.05) is 26.8 Å². The molecule has 1 aliphatic heterocycles. The van der Waals surface area contributed by atoms with E-state index in [9.17, 15) is 4.79 Å². The van der Waals surface area contributed by atoms with Gasteiger partial charge in [-0.05, 0) is 13.0 Å². The van der Waals surface area contributed by atoms with Gasteiger partial charge in [0.2, 0.25) is 0 Å². The van der Waals surface area contributed by atoms with Gasteiger partial charge in [0.05, 0.1) is 5.76 Å². The van der Waals surface area contributed by atoms with E-state index in [4.69, 9.17) is 4.74 Å². The van der Waals surface area contributed by atoms with Gasteiger partial charge in [-0.3, -0.25) is 4.79 Å². The van der Waals surface area contributed by atoms with Gasteiger partial charge in [0.1, 0.15) is 0 Å². The molecule has 1 unspecified atom stereocenters. The fourth-order valence-electron chi connectivity index (χ4n) is 1.25. The molecule has 0 fully saturated rings. The maximum atomic E-state index is 10.8. The van der Waals surface area contributed by atoms with Crippen molar-refractivity contribution >= 4 is 6.29 Å². The molecule has 0 N–H and O–H groups in total. The fourth-order valence-corrected chi connectivity index (χ4v) is 1.25. The Balaban J connectivity index is 2.75. The van der Waals surface area contributed by atoms with Crippen molar-refractivity contribution in [1.29, 1.82) is 0 Å². The minimum Gasteiger partial charge on any atom is -0.484 e.